The lowest BCUT2D eigenvalue weighted by Gasteiger charge is -2.10. The first-order valence-electron chi connectivity index (χ1n) is 9.47. The fraction of sp³-hybridized carbons (Fsp3) is 0.0833. The minimum Gasteiger partial charge on any atom is -0.496 e. The topological polar surface area (TPSA) is 67.4 Å². The van der Waals surface area contributed by atoms with Gasteiger partial charge < -0.3 is 15.4 Å². The predicted octanol–water partition coefficient (Wildman–Crippen LogP) is 5.62. The fourth-order valence-corrected chi connectivity index (χ4v) is 2.87. The minimum atomic E-state index is -4.51. The first-order chi connectivity index (χ1) is 15.3. The van der Waals surface area contributed by atoms with E-state index in [1.54, 1.807) is 30.3 Å². The molecule has 3 rings (SSSR count). The summed E-state index contributed by atoms with van der Waals surface area (Å²) in [7, 11) is 1.53. The molecule has 32 heavy (non-hydrogen) atoms. The molecule has 0 aliphatic carbocycles. The van der Waals surface area contributed by atoms with Crippen LogP contribution < -0.4 is 15.4 Å². The molecule has 2 N–H and O–H groups in total. The van der Waals surface area contributed by atoms with Gasteiger partial charge in [0.05, 0.1) is 12.7 Å². The van der Waals surface area contributed by atoms with Crippen molar-refractivity contribution in [2.45, 2.75) is 6.18 Å². The Kier molecular flexibility index (Phi) is 6.94. The quantitative estimate of drug-likeness (QED) is 0.489. The number of alkyl halides is 3. The molecule has 164 valence electrons. The van der Waals surface area contributed by atoms with Gasteiger partial charge in [0.15, 0.2) is 0 Å². The number of ether oxygens (including phenoxy) is 1. The summed E-state index contributed by atoms with van der Waals surface area (Å²) in [5.41, 5.74) is 0.404. The number of nitrogens with one attached hydrogen (secondary N) is 2. The van der Waals surface area contributed by atoms with Gasteiger partial charge in [0.25, 0.3) is 5.91 Å². The van der Waals surface area contributed by atoms with Crippen LogP contribution in [-0.4, -0.2) is 18.9 Å². The number of methoxy groups -OCH3 is 1. The summed E-state index contributed by atoms with van der Waals surface area (Å²) < 4.78 is 43.8. The second kappa shape index (κ2) is 9.82. The van der Waals surface area contributed by atoms with Crippen molar-refractivity contribution < 1.29 is 27.5 Å². The van der Waals surface area contributed by atoms with E-state index in [2.05, 4.69) is 10.6 Å². The Morgan fingerprint density at radius 2 is 1.56 bits per heavy atom. The molecular formula is C24H19F3N2O3. The van der Waals surface area contributed by atoms with E-state index in [9.17, 15) is 22.8 Å². The van der Waals surface area contributed by atoms with Crippen molar-refractivity contribution in [2.24, 2.45) is 0 Å². The molecule has 0 atom stereocenters. The first-order valence-corrected chi connectivity index (χ1v) is 9.47. The largest absolute Gasteiger partial charge is 0.496 e. The van der Waals surface area contributed by atoms with Gasteiger partial charge in [-0.15, -0.1) is 0 Å². The standard InChI is InChI=1S/C24H19F3N2O3/c1-32-21-11-3-2-6-16(21)12-13-22(30)28-19-9-4-7-17(14-19)23(31)29-20-10-5-8-18(15-20)24(25,26)27/h2-15H,1H3,(H,28,30)(H,29,31)/b13-12+. The maximum absolute atomic E-state index is 12.9. The van der Waals surface area contributed by atoms with Gasteiger partial charge in [-0.25, -0.2) is 0 Å². The van der Waals surface area contributed by atoms with Crippen LogP contribution in [0.25, 0.3) is 6.08 Å². The van der Waals surface area contributed by atoms with Crippen LogP contribution in [0.15, 0.2) is 78.9 Å². The van der Waals surface area contributed by atoms with E-state index < -0.39 is 23.6 Å². The van der Waals surface area contributed by atoms with Gasteiger partial charge in [-0.05, 0) is 48.5 Å². The summed E-state index contributed by atoms with van der Waals surface area (Å²) in [6, 6.07) is 17.6. The molecule has 3 aromatic carbocycles. The van der Waals surface area contributed by atoms with Gasteiger partial charge in [-0.3, -0.25) is 9.59 Å². The lowest BCUT2D eigenvalue weighted by molar-refractivity contribution is -0.137. The van der Waals surface area contributed by atoms with Crippen LogP contribution in [0.5, 0.6) is 5.75 Å². The maximum Gasteiger partial charge on any atom is 0.416 e. The van der Waals surface area contributed by atoms with Crippen molar-refractivity contribution in [3.8, 4) is 5.75 Å². The summed E-state index contributed by atoms with van der Waals surface area (Å²) in [6.45, 7) is 0. The summed E-state index contributed by atoms with van der Waals surface area (Å²) in [6.07, 6.45) is -1.59. The van der Waals surface area contributed by atoms with E-state index in [1.165, 1.54) is 37.5 Å². The smallest absolute Gasteiger partial charge is 0.416 e. The molecule has 0 fully saturated rings. The van der Waals surface area contributed by atoms with Gasteiger partial charge in [0.2, 0.25) is 5.91 Å². The molecule has 0 bridgehead atoms. The summed E-state index contributed by atoms with van der Waals surface area (Å²) in [4.78, 5) is 24.7. The zero-order valence-electron chi connectivity index (χ0n) is 16.9. The predicted molar refractivity (Wildman–Crippen MR) is 116 cm³/mol. The van der Waals surface area contributed by atoms with Crippen molar-refractivity contribution in [1.82, 2.24) is 0 Å². The van der Waals surface area contributed by atoms with Crippen LogP contribution in [0.2, 0.25) is 0 Å². The van der Waals surface area contributed by atoms with Crippen molar-refractivity contribution in [3.63, 3.8) is 0 Å². The van der Waals surface area contributed by atoms with Crippen LogP contribution in [-0.2, 0) is 11.0 Å². The van der Waals surface area contributed by atoms with Crippen LogP contribution >= 0.6 is 0 Å². The molecule has 2 amide bonds. The Morgan fingerprint density at radius 1 is 0.875 bits per heavy atom. The number of benzene rings is 3. The van der Waals surface area contributed by atoms with Crippen molar-refractivity contribution in [3.05, 3.63) is 95.6 Å². The van der Waals surface area contributed by atoms with Crippen molar-refractivity contribution >= 4 is 29.3 Å². The van der Waals surface area contributed by atoms with Gasteiger partial charge in [0, 0.05) is 28.6 Å². The lowest BCUT2D eigenvalue weighted by atomic mass is 10.1. The van der Waals surface area contributed by atoms with Crippen molar-refractivity contribution in [2.75, 3.05) is 17.7 Å². The van der Waals surface area contributed by atoms with Crippen LogP contribution in [0.3, 0.4) is 0 Å². The van der Waals surface area contributed by atoms with Crippen LogP contribution in [0.4, 0.5) is 24.5 Å². The first kappa shape index (κ1) is 22.6. The number of amides is 2. The molecule has 8 heteroatoms. The van der Waals surface area contributed by atoms with Gasteiger partial charge in [-0.2, -0.15) is 13.2 Å². The molecule has 0 saturated carbocycles. The number of carbonyl (C=O) groups is 2. The Morgan fingerprint density at radius 3 is 2.28 bits per heavy atom. The molecule has 0 spiro atoms. The lowest BCUT2D eigenvalue weighted by Crippen LogP contribution is -2.14. The molecule has 3 aromatic rings. The molecule has 0 radical (unpaired) electrons. The second-order valence-electron chi connectivity index (χ2n) is 6.68. The summed E-state index contributed by atoms with van der Waals surface area (Å²) in [5, 5.41) is 5.07. The third-order valence-electron chi connectivity index (χ3n) is 4.39. The summed E-state index contributed by atoms with van der Waals surface area (Å²) >= 11 is 0. The molecule has 5 nitrogen and oxygen atoms in total. The molecule has 0 saturated heterocycles. The molecular weight excluding hydrogens is 421 g/mol. The number of carbonyl (C=O) groups excluding carboxylic acids is 2. The average molecular weight is 440 g/mol. The minimum absolute atomic E-state index is 0.0130. The highest BCUT2D eigenvalue weighted by Gasteiger charge is 2.30. The van der Waals surface area contributed by atoms with Crippen LogP contribution in [0.1, 0.15) is 21.5 Å². The number of rotatable bonds is 6. The Hall–Kier alpha value is -4.07. The molecule has 0 aliphatic heterocycles. The van der Waals surface area contributed by atoms with E-state index in [1.807, 2.05) is 12.1 Å². The number of hydrogen-bond acceptors (Lipinski definition) is 3. The molecule has 0 unspecified atom stereocenters. The number of para-hydroxylation sites is 1. The zero-order valence-corrected chi connectivity index (χ0v) is 16.9. The van der Waals surface area contributed by atoms with Gasteiger partial charge in [-0.1, -0.05) is 30.3 Å². The Bertz CT molecular complexity index is 1160. The monoisotopic (exact) mass is 440 g/mol. The van der Waals surface area contributed by atoms with Crippen molar-refractivity contribution in [1.29, 1.82) is 0 Å². The van der Waals surface area contributed by atoms with Gasteiger partial charge >= 0.3 is 6.18 Å². The second-order valence-corrected chi connectivity index (χ2v) is 6.68. The van der Waals surface area contributed by atoms with Gasteiger partial charge in [0.1, 0.15) is 5.75 Å². The summed E-state index contributed by atoms with van der Waals surface area (Å²) in [5.74, 6) is -0.416. The normalized spacial score (nSPS) is 11.2. The number of hydrogen-bond donors (Lipinski definition) is 2. The number of halogens is 3. The van der Waals surface area contributed by atoms with E-state index in [0.717, 1.165) is 17.7 Å². The Labute approximate surface area is 182 Å². The highest BCUT2D eigenvalue weighted by atomic mass is 19.4. The average Bonchev–Trinajstić information content (AvgIpc) is 2.77. The number of anilines is 2. The van der Waals surface area contributed by atoms with Crippen LogP contribution in [0, 0.1) is 0 Å². The van der Waals surface area contributed by atoms with E-state index in [4.69, 9.17) is 4.74 Å². The van der Waals surface area contributed by atoms with E-state index in [0.29, 0.717) is 11.4 Å². The molecule has 0 heterocycles. The highest BCUT2D eigenvalue weighted by Crippen LogP contribution is 2.30. The Balaban J connectivity index is 1.68. The zero-order chi connectivity index (χ0) is 23.1. The SMILES string of the molecule is COc1ccccc1/C=C/C(=O)Nc1cccc(C(=O)Nc2cccc(C(F)(F)F)c2)c1. The molecule has 0 aromatic heterocycles. The fourth-order valence-electron chi connectivity index (χ4n) is 2.87. The molecule has 0 aliphatic rings. The van der Waals surface area contributed by atoms with E-state index >= 15 is 0 Å². The third kappa shape index (κ3) is 5.98. The third-order valence-corrected chi connectivity index (χ3v) is 4.39. The highest BCUT2D eigenvalue weighted by molar-refractivity contribution is 6.06. The van der Waals surface area contributed by atoms with E-state index in [-0.39, 0.29) is 11.3 Å². The maximum atomic E-state index is 12.9.